The SMILES string of the molecule is NC1CCCN(Cc2ccc(Br)s2)C1. The van der Waals surface area contributed by atoms with Crippen molar-refractivity contribution in [1.29, 1.82) is 0 Å². The molecule has 1 atom stereocenters. The number of rotatable bonds is 2. The zero-order valence-electron chi connectivity index (χ0n) is 8.08. The van der Waals surface area contributed by atoms with Crippen LogP contribution in [0.1, 0.15) is 17.7 Å². The molecular weight excluding hydrogens is 260 g/mol. The van der Waals surface area contributed by atoms with Gasteiger partial charge in [0.05, 0.1) is 3.79 Å². The fraction of sp³-hybridized carbons (Fsp3) is 0.600. The summed E-state index contributed by atoms with van der Waals surface area (Å²) in [5.41, 5.74) is 5.94. The lowest BCUT2D eigenvalue weighted by molar-refractivity contribution is 0.203. The molecule has 4 heteroatoms. The van der Waals surface area contributed by atoms with E-state index in [1.54, 1.807) is 0 Å². The number of hydrogen-bond donors (Lipinski definition) is 1. The van der Waals surface area contributed by atoms with Crippen LogP contribution in [-0.4, -0.2) is 24.0 Å². The first-order chi connectivity index (χ1) is 6.74. The van der Waals surface area contributed by atoms with Crippen LogP contribution in [0.4, 0.5) is 0 Å². The second-order valence-corrected chi connectivity index (χ2v) is 6.39. The van der Waals surface area contributed by atoms with Crippen LogP contribution in [0.15, 0.2) is 15.9 Å². The highest BCUT2D eigenvalue weighted by Gasteiger charge is 2.16. The normalized spacial score (nSPS) is 24.0. The van der Waals surface area contributed by atoms with E-state index >= 15 is 0 Å². The van der Waals surface area contributed by atoms with Crippen LogP contribution in [-0.2, 0) is 6.54 Å². The molecule has 0 saturated carbocycles. The van der Waals surface area contributed by atoms with Gasteiger partial charge in [-0.05, 0) is 47.4 Å². The molecule has 0 aliphatic carbocycles. The van der Waals surface area contributed by atoms with Gasteiger partial charge in [0.15, 0.2) is 0 Å². The van der Waals surface area contributed by atoms with E-state index in [4.69, 9.17) is 5.73 Å². The Hall–Kier alpha value is 0.1000. The third-order valence-corrected chi connectivity index (χ3v) is 4.16. The molecule has 1 saturated heterocycles. The second-order valence-electron chi connectivity index (χ2n) is 3.84. The van der Waals surface area contributed by atoms with E-state index in [1.807, 2.05) is 11.3 Å². The Morgan fingerprint density at radius 2 is 2.43 bits per heavy atom. The van der Waals surface area contributed by atoms with Crippen molar-refractivity contribution in [2.75, 3.05) is 13.1 Å². The Labute approximate surface area is 97.2 Å². The highest BCUT2D eigenvalue weighted by Crippen LogP contribution is 2.24. The number of thiophene rings is 1. The van der Waals surface area contributed by atoms with Crippen LogP contribution in [0.25, 0.3) is 0 Å². The predicted molar refractivity (Wildman–Crippen MR) is 64.5 cm³/mol. The maximum Gasteiger partial charge on any atom is 0.0701 e. The Kier molecular flexibility index (Phi) is 3.60. The number of nitrogens with zero attached hydrogens (tertiary/aromatic N) is 1. The number of halogens is 1. The molecule has 2 N–H and O–H groups in total. The van der Waals surface area contributed by atoms with E-state index < -0.39 is 0 Å². The molecule has 0 aromatic carbocycles. The van der Waals surface area contributed by atoms with Gasteiger partial charge in [-0.15, -0.1) is 11.3 Å². The number of nitrogens with two attached hydrogens (primary N) is 1. The molecule has 1 aliphatic heterocycles. The summed E-state index contributed by atoms with van der Waals surface area (Å²) >= 11 is 5.30. The minimum Gasteiger partial charge on any atom is -0.327 e. The number of piperidine rings is 1. The lowest BCUT2D eigenvalue weighted by Gasteiger charge is -2.30. The molecule has 1 unspecified atom stereocenters. The number of likely N-dealkylation sites (tertiary alicyclic amines) is 1. The molecule has 1 aromatic rings. The molecule has 0 bridgehead atoms. The quantitative estimate of drug-likeness (QED) is 0.898. The molecule has 0 radical (unpaired) electrons. The van der Waals surface area contributed by atoms with Gasteiger partial charge >= 0.3 is 0 Å². The monoisotopic (exact) mass is 274 g/mol. The van der Waals surface area contributed by atoms with Crippen molar-refractivity contribution < 1.29 is 0 Å². The van der Waals surface area contributed by atoms with Gasteiger partial charge in [0.2, 0.25) is 0 Å². The summed E-state index contributed by atoms with van der Waals surface area (Å²) in [5, 5.41) is 0. The molecule has 2 nitrogen and oxygen atoms in total. The van der Waals surface area contributed by atoms with E-state index in [2.05, 4.69) is 33.0 Å². The highest BCUT2D eigenvalue weighted by molar-refractivity contribution is 9.11. The molecule has 2 rings (SSSR count). The van der Waals surface area contributed by atoms with Gasteiger partial charge in [-0.1, -0.05) is 0 Å². The van der Waals surface area contributed by atoms with Gasteiger partial charge in [0, 0.05) is 24.0 Å². The molecule has 1 aliphatic rings. The minimum atomic E-state index is 0.382. The first-order valence-corrected chi connectivity index (χ1v) is 6.57. The van der Waals surface area contributed by atoms with E-state index in [-0.39, 0.29) is 0 Å². The van der Waals surface area contributed by atoms with Gasteiger partial charge in [-0.25, -0.2) is 0 Å². The summed E-state index contributed by atoms with van der Waals surface area (Å²) in [6, 6.07) is 4.69. The fourth-order valence-electron chi connectivity index (χ4n) is 1.89. The third kappa shape index (κ3) is 2.79. The van der Waals surface area contributed by atoms with E-state index in [0.29, 0.717) is 6.04 Å². The van der Waals surface area contributed by atoms with Gasteiger partial charge < -0.3 is 5.73 Å². The summed E-state index contributed by atoms with van der Waals surface area (Å²) in [6.07, 6.45) is 2.43. The first kappa shape index (κ1) is 10.6. The second kappa shape index (κ2) is 4.75. The summed E-state index contributed by atoms with van der Waals surface area (Å²) in [5.74, 6) is 0. The molecule has 78 valence electrons. The Bertz CT molecular complexity index is 300. The first-order valence-electron chi connectivity index (χ1n) is 4.96. The molecule has 2 heterocycles. The Balaban J connectivity index is 1.90. The minimum absolute atomic E-state index is 0.382. The topological polar surface area (TPSA) is 29.3 Å². The van der Waals surface area contributed by atoms with Crippen molar-refractivity contribution in [3.05, 3.63) is 20.8 Å². The van der Waals surface area contributed by atoms with Crippen LogP contribution < -0.4 is 5.73 Å². The van der Waals surface area contributed by atoms with E-state index in [9.17, 15) is 0 Å². The standard InChI is InChI=1S/C10H15BrN2S/c11-10-4-3-9(14-10)7-13-5-1-2-8(12)6-13/h3-4,8H,1-2,5-7,12H2. The zero-order valence-corrected chi connectivity index (χ0v) is 10.5. The van der Waals surface area contributed by atoms with Crippen molar-refractivity contribution in [2.45, 2.75) is 25.4 Å². The molecule has 1 aromatic heterocycles. The van der Waals surface area contributed by atoms with E-state index in [0.717, 1.165) is 13.1 Å². The summed E-state index contributed by atoms with van der Waals surface area (Å²) in [4.78, 5) is 3.87. The third-order valence-electron chi connectivity index (χ3n) is 2.55. The molecule has 0 amide bonds. The maximum atomic E-state index is 5.94. The largest absolute Gasteiger partial charge is 0.327 e. The smallest absolute Gasteiger partial charge is 0.0701 e. The Morgan fingerprint density at radius 3 is 3.07 bits per heavy atom. The van der Waals surface area contributed by atoms with Crippen LogP contribution in [0.5, 0.6) is 0 Å². The molecule has 14 heavy (non-hydrogen) atoms. The lowest BCUT2D eigenvalue weighted by atomic mass is 10.1. The van der Waals surface area contributed by atoms with Crippen molar-refractivity contribution in [2.24, 2.45) is 5.73 Å². The summed E-state index contributed by atoms with van der Waals surface area (Å²) in [7, 11) is 0. The van der Waals surface area contributed by atoms with Gasteiger partial charge in [0.25, 0.3) is 0 Å². The van der Waals surface area contributed by atoms with Gasteiger partial charge in [-0.3, -0.25) is 4.90 Å². The van der Waals surface area contributed by atoms with Gasteiger partial charge in [-0.2, -0.15) is 0 Å². The van der Waals surface area contributed by atoms with E-state index in [1.165, 1.54) is 28.0 Å². The van der Waals surface area contributed by atoms with Crippen LogP contribution in [0.2, 0.25) is 0 Å². The fourth-order valence-corrected chi connectivity index (χ4v) is 3.42. The predicted octanol–water partition coefficient (Wildman–Crippen LogP) is 2.43. The van der Waals surface area contributed by atoms with Crippen molar-refractivity contribution in [3.8, 4) is 0 Å². The molecular formula is C10H15BrN2S. The molecule has 0 spiro atoms. The Morgan fingerprint density at radius 1 is 1.57 bits per heavy atom. The van der Waals surface area contributed by atoms with Crippen LogP contribution in [0, 0.1) is 0 Å². The molecule has 1 fully saturated rings. The van der Waals surface area contributed by atoms with Gasteiger partial charge in [0.1, 0.15) is 0 Å². The lowest BCUT2D eigenvalue weighted by Crippen LogP contribution is -2.42. The van der Waals surface area contributed by atoms with Crippen molar-refractivity contribution in [3.63, 3.8) is 0 Å². The highest BCUT2D eigenvalue weighted by atomic mass is 79.9. The average molecular weight is 275 g/mol. The number of hydrogen-bond acceptors (Lipinski definition) is 3. The van der Waals surface area contributed by atoms with Crippen LogP contribution >= 0.6 is 27.3 Å². The van der Waals surface area contributed by atoms with Crippen LogP contribution in [0.3, 0.4) is 0 Å². The summed E-state index contributed by atoms with van der Waals surface area (Å²) < 4.78 is 1.22. The maximum absolute atomic E-state index is 5.94. The van der Waals surface area contributed by atoms with Crippen molar-refractivity contribution in [1.82, 2.24) is 4.90 Å². The average Bonchev–Trinajstić information content (AvgIpc) is 2.51. The summed E-state index contributed by atoms with van der Waals surface area (Å²) in [6.45, 7) is 3.31. The zero-order chi connectivity index (χ0) is 9.97. The van der Waals surface area contributed by atoms with Crippen molar-refractivity contribution >= 4 is 27.3 Å².